The van der Waals surface area contributed by atoms with Crippen LogP contribution in [0.3, 0.4) is 0 Å². The Bertz CT molecular complexity index is 452. The lowest BCUT2D eigenvalue weighted by Crippen LogP contribution is -2.45. The van der Waals surface area contributed by atoms with E-state index in [0.717, 1.165) is 0 Å². The number of rotatable bonds is 3. The summed E-state index contributed by atoms with van der Waals surface area (Å²) in [6.45, 7) is 0. The van der Waals surface area contributed by atoms with Crippen molar-refractivity contribution in [1.29, 1.82) is 0 Å². The number of carboxylic acids is 1. The fraction of sp³-hybridized carbons (Fsp3) is 0.333. The summed E-state index contributed by atoms with van der Waals surface area (Å²) >= 11 is 1.43. The molecule has 18 heavy (non-hydrogen) atoms. The summed E-state index contributed by atoms with van der Waals surface area (Å²) in [6.07, 6.45) is 0. The van der Waals surface area contributed by atoms with Crippen molar-refractivity contribution in [1.82, 2.24) is 4.90 Å². The average Bonchev–Trinajstić information content (AvgIpc) is 2.87. The number of thioether (sulfide) groups is 1. The summed E-state index contributed by atoms with van der Waals surface area (Å²) in [7, 11) is 0. The zero-order chi connectivity index (χ0) is 13.1. The summed E-state index contributed by atoms with van der Waals surface area (Å²) in [5.41, 5.74) is 6.59. The van der Waals surface area contributed by atoms with E-state index in [1.54, 1.807) is 24.3 Å². The van der Waals surface area contributed by atoms with Gasteiger partial charge in [0.1, 0.15) is 12.1 Å². The molecule has 1 fully saturated rings. The van der Waals surface area contributed by atoms with Gasteiger partial charge in [-0.3, -0.25) is 4.79 Å². The van der Waals surface area contributed by atoms with Gasteiger partial charge in [0.15, 0.2) is 0 Å². The standard InChI is InChI=1S/C12H14N2O3S/c13-10(8-4-2-1-3-5-8)11(15)14-7-18-6-9(14)12(16)17/h1-5,9-10H,6-7,13H2,(H,16,17)/t9?,10-/m0/s1. The Labute approximate surface area is 109 Å². The van der Waals surface area contributed by atoms with Gasteiger partial charge in [0.05, 0.1) is 5.88 Å². The maximum Gasteiger partial charge on any atom is 0.327 e. The van der Waals surface area contributed by atoms with Crippen molar-refractivity contribution in [3.8, 4) is 0 Å². The van der Waals surface area contributed by atoms with E-state index >= 15 is 0 Å². The van der Waals surface area contributed by atoms with Crippen molar-refractivity contribution in [2.75, 3.05) is 11.6 Å². The third kappa shape index (κ3) is 2.49. The minimum Gasteiger partial charge on any atom is -0.480 e. The molecule has 1 amide bonds. The predicted octanol–water partition coefficient (Wildman–Crippen LogP) is 0.672. The second kappa shape index (κ2) is 5.41. The van der Waals surface area contributed by atoms with Gasteiger partial charge in [-0.2, -0.15) is 0 Å². The van der Waals surface area contributed by atoms with Crippen LogP contribution in [0.4, 0.5) is 0 Å². The van der Waals surface area contributed by atoms with E-state index in [9.17, 15) is 9.59 Å². The van der Waals surface area contributed by atoms with Crippen molar-refractivity contribution in [3.63, 3.8) is 0 Å². The predicted molar refractivity (Wildman–Crippen MR) is 69.0 cm³/mol. The molecule has 1 aliphatic rings. The van der Waals surface area contributed by atoms with Crippen molar-refractivity contribution < 1.29 is 14.7 Å². The molecule has 0 bridgehead atoms. The minimum absolute atomic E-state index is 0.335. The van der Waals surface area contributed by atoms with Crippen LogP contribution < -0.4 is 5.73 Å². The number of carboxylic acid groups (broad SMARTS) is 1. The SMILES string of the molecule is N[C@H](C(=O)N1CSCC1C(=O)O)c1ccccc1. The van der Waals surface area contributed by atoms with Gasteiger partial charge in [-0.25, -0.2) is 4.79 Å². The maximum atomic E-state index is 12.2. The molecule has 0 radical (unpaired) electrons. The molecule has 0 spiro atoms. The van der Waals surface area contributed by atoms with Gasteiger partial charge < -0.3 is 15.7 Å². The largest absolute Gasteiger partial charge is 0.480 e. The first-order valence-electron chi connectivity index (χ1n) is 5.53. The van der Waals surface area contributed by atoms with Crippen LogP contribution in [0.1, 0.15) is 11.6 Å². The van der Waals surface area contributed by atoms with Gasteiger partial charge >= 0.3 is 5.97 Å². The maximum absolute atomic E-state index is 12.2. The van der Waals surface area contributed by atoms with E-state index in [1.807, 2.05) is 6.07 Å². The van der Waals surface area contributed by atoms with Gasteiger partial charge in [-0.05, 0) is 5.56 Å². The molecule has 96 valence electrons. The normalized spacial score (nSPS) is 20.7. The van der Waals surface area contributed by atoms with Gasteiger partial charge in [0, 0.05) is 5.75 Å². The molecule has 3 N–H and O–H groups in total. The number of nitrogens with zero attached hydrogens (tertiary/aromatic N) is 1. The van der Waals surface area contributed by atoms with Crippen molar-refractivity contribution in [3.05, 3.63) is 35.9 Å². The van der Waals surface area contributed by atoms with Crippen LogP contribution in [0, 0.1) is 0 Å². The highest BCUT2D eigenvalue weighted by Crippen LogP contribution is 2.24. The van der Waals surface area contributed by atoms with E-state index in [1.165, 1.54) is 16.7 Å². The Morgan fingerprint density at radius 1 is 1.39 bits per heavy atom. The highest BCUT2D eigenvalue weighted by Gasteiger charge is 2.36. The number of carbonyl (C=O) groups is 2. The third-order valence-corrected chi connectivity index (χ3v) is 3.89. The van der Waals surface area contributed by atoms with Crippen LogP contribution in [0.5, 0.6) is 0 Å². The monoisotopic (exact) mass is 266 g/mol. The molecule has 1 aromatic carbocycles. The second-order valence-electron chi connectivity index (χ2n) is 4.05. The van der Waals surface area contributed by atoms with Gasteiger partial charge in [0.2, 0.25) is 5.91 Å². The lowest BCUT2D eigenvalue weighted by atomic mass is 10.1. The van der Waals surface area contributed by atoms with E-state index in [0.29, 0.717) is 17.2 Å². The Morgan fingerprint density at radius 3 is 2.67 bits per heavy atom. The van der Waals surface area contributed by atoms with E-state index in [2.05, 4.69) is 0 Å². The Balaban J connectivity index is 2.14. The highest BCUT2D eigenvalue weighted by atomic mass is 32.2. The Morgan fingerprint density at radius 2 is 2.06 bits per heavy atom. The molecule has 1 aromatic rings. The first kappa shape index (κ1) is 12.9. The van der Waals surface area contributed by atoms with E-state index in [4.69, 9.17) is 10.8 Å². The Kier molecular flexibility index (Phi) is 3.88. The molecule has 6 heteroatoms. The summed E-state index contributed by atoms with van der Waals surface area (Å²) in [6, 6.07) is 7.41. The number of benzene rings is 1. The van der Waals surface area contributed by atoms with Gasteiger partial charge in [-0.15, -0.1) is 11.8 Å². The van der Waals surface area contributed by atoms with Crippen LogP contribution in [0.15, 0.2) is 30.3 Å². The molecular formula is C12H14N2O3S. The molecule has 0 saturated carbocycles. The first-order valence-corrected chi connectivity index (χ1v) is 6.68. The fourth-order valence-corrected chi connectivity index (χ4v) is 3.00. The lowest BCUT2D eigenvalue weighted by molar-refractivity contribution is -0.148. The second-order valence-corrected chi connectivity index (χ2v) is 5.05. The number of hydrogen-bond donors (Lipinski definition) is 2. The number of carbonyl (C=O) groups excluding carboxylic acids is 1. The van der Waals surface area contributed by atoms with Crippen LogP contribution in [-0.2, 0) is 9.59 Å². The van der Waals surface area contributed by atoms with Gasteiger partial charge in [0.25, 0.3) is 0 Å². The number of amides is 1. The molecule has 2 rings (SSSR count). The van der Waals surface area contributed by atoms with Crippen LogP contribution >= 0.6 is 11.8 Å². The summed E-state index contributed by atoms with van der Waals surface area (Å²) in [5.74, 6) is -0.508. The van der Waals surface area contributed by atoms with Crippen LogP contribution in [0.2, 0.25) is 0 Å². The third-order valence-electron chi connectivity index (χ3n) is 2.88. The highest BCUT2D eigenvalue weighted by molar-refractivity contribution is 7.99. The van der Waals surface area contributed by atoms with Gasteiger partial charge in [-0.1, -0.05) is 30.3 Å². The number of hydrogen-bond acceptors (Lipinski definition) is 4. The van der Waals surface area contributed by atoms with Crippen LogP contribution in [0.25, 0.3) is 0 Å². The lowest BCUT2D eigenvalue weighted by Gasteiger charge is -2.24. The summed E-state index contributed by atoms with van der Waals surface area (Å²) in [4.78, 5) is 24.6. The zero-order valence-electron chi connectivity index (χ0n) is 9.65. The molecule has 0 aromatic heterocycles. The quantitative estimate of drug-likeness (QED) is 0.840. The summed E-state index contributed by atoms with van der Waals surface area (Å²) < 4.78 is 0. The molecule has 0 aliphatic carbocycles. The van der Waals surface area contributed by atoms with E-state index < -0.39 is 18.1 Å². The molecule has 2 atom stereocenters. The molecule has 1 saturated heterocycles. The van der Waals surface area contributed by atoms with Crippen LogP contribution in [-0.4, -0.2) is 39.6 Å². The first-order chi connectivity index (χ1) is 8.61. The molecule has 1 aliphatic heterocycles. The fourth-order valence-electron chi connectivity index (χ4n) is 1.85. The topological polar surface area (TPSA) is 83.6 Å². The Hall–Kier alpha value is -1.53. The number of aliphatic carboxylic acids is 1. The summed E-state index contributed by atoms with van der Waals surface area (Å²) in [5, 5.41) is 9.04. The molecule has 1 heterocycles. The number of nitrogens with two attached hydrogens (primary N) is 1. The smallest absolute Gasteiger partial charge is 0.327 e. The molecule has 5 nitrogen and oxygen atoms in total. The average molecular weight is 266 g/mol. The zero-order valence-corrected chi connectivity index (χ0v) is 10.5. The molecular weight excluding hydrogens is 252 g/mol. The van der Waals surface area contributed by atoms with Crippen molar-refractivity contribution in [2.45, 2.75) is 12.1 Å². The van der Waals surface area contributed by atoms with Crippen molar-refractivity contribution >= 4 is 23.6 Å². The minimum atomic E-state index is -0.978. The van der Waals surface area contributed by atoms with Crippen molar-refractivity contribution in [2.24, 2.45) is 5.73 Å². The van der Waals surface area contributed by atoms with E-state index in [-0.39, 0.29) is 5.91 Å². The molecule has 1 unspecified atom stereocenters.